The lowest BCUT2D eigenvalue weighted by atomic mass is 9.88. The zero-order valence-electron chi connectivity index (χ0n) is 11.5. The summed E-state index contributed by atoms with van der Waals surface area (Å²) < 4.78 is 10.6. The van der Waals surface area contributed by atoms with Crippen molar-refractivity contribution in [3.63, 3.8) is 0 Å². The lowest BCUT2D eigenvalue weighted by Crippen LogP contribution is -2.45. The highest BCUT2D eigenvalue weighted by atomic mass is 16.5. The molecule has 0 aliphatic carbocycles. The summed E-state index contributed by atoms with van der Waals surface area (Å²) in [7, 11) is 0. The van der Waals surface area contributed by atoms with Crippen LogP contribution in [0.25, 0.3) is 0 Å². The van der Waals surface area contributed by atoms with Crippen molar-refractivity contribution >= 4 is 5.97 Å². The largest absolute Gasteiger partial charge is 0.466 e. The fraction of sp³-hybridized carbons (Fsp3) is 0.533. The molecular formula is C15H22O4. The maximum absolute atomic E-state index is 11.8. The lowest BCUT2D eigenvalue weighted by Gasteiger charge is -2.34. The second kappa shape index (κ2) is 7.92. The van der Waals surface area contributed by atoms with Gasteiger partial charge in [0.2, 0.25) is 0 Å². The molecule has 1 aliphatic rings. The van der Waals surface area contributed by atoms with E-state index >= 15 is 0 Å². The van der Waals surface area contributed by atoms with E-state index in [1.807, 2.05) is 19.1 Å². The van der Waals surface area contributed by atoms with E-state index in [1.165, 1.54) is 0 Å². The normalized spacial score (nSPS) is 28.4. The fourth-order valence-corrected chi connectivity index (χ4v) is 2.14. The number of rotatable bonds is 5. The van der Waals surface area contributed by atoms with Gasteiger partial charge in [-0.25, -0.2) is 0 Å². The van der Waals surface area contributed by atoms with E-state index < -0.39 is 18.1 Å². The Labute approximate surface area is 114 Å². The van der Waals surface area contributed by atoms with Crippen LogP contribution in [0.15, 0.2) is 36.5 Å². The third kappa shape index (κ3) is 4.04. The van der Waals surface area contributed by atoms with Gasteiger partial charge in [0, 0.05) is 6.61 Å². The molecule has 0 spiro atoms. The van der Waals surface area contributed by atoms with Gasteiger partial charge in [-0.2, -0.15) is 0 Å². The summed E-state index contributed by atoms with van der Waals surface area (Å²) in [4.78, 5) is 11.8. The van der Waals surface area contributed by atoms with Gasteiger partial charge in [0.1, 0.15) is 6.10 Å². The van der Waals surface area contributed by atoms with E-state index in [-0.39, 0.29) is 5.97 Å². The van der Waals surface area contributed by atoms with Gasteiger partial charge in [0.25, 0.3) is 0 Å². The molecule has 19 heavy (non-hydrogen) atoms. The molecule has 0 amide bonds. The molecule has 0 aromatic rings. The predicted octanol–water partition coefficient (Wildman–Crippen LogP) is 2.00. The number of ether oxygens (including phenoxy) is 2. The minimum atomic E-state index is -0.881. The van der Waals surface area contributed by atoms with E-state index in [4.69, 9.17) is 9.47 Å². The number of aliphatic hydroxyl groups excluding tert-OH is 1. The Morgan fingerprint density at radius 1 is 1.58 bits per heavy atom. The van der Waals surface area contributed by atoms with Crippen molar-refractivity contribution in [1.82, 2.24) is 0 Å². The molecule has 1 fully saturated rings. The molecule has 4 heteroatoms. The highest BCUT2D eigenvalue weighted by Gasteiger charge is 2.39. The molecule has 0 aromatic carbocycles. The second-order valence-electron chi connectivity index (χ2n) is 4.31. The van der Waals surface area contributed by atoms with Crippen LogP contribution >= 0.6 is 0 Å². The van der Waals surface area contributed by atoms with Crippen molar-refractivity contribution in [2.75, 3.05) is 13.2 Å². The second-order valence-corrected chi connectivity index (χ2v) is 4.31. The summed E-state index contributed by atoms with van der Waals surface area (Å²) in [5.74, 6) is -0.878. The van der Waals surface area contributed by atoms with Gasteiger partial charge >= 0.3 is 5.97 Å². The highest BCUT2D eigenvalue weighted by Crippen LogP contribution is 2.27. The first-order chi connectivity index (χ1) is 9.15. The summed E-state index contributed by atoms with van der Waals surface area (Å²) in [5.41, 5.74) is 0.835. The third-order valence-corrected chi connectivity index (χ3v) is 3.12. The Morgan fingerprint density at radius 3 is 2.89 bits per heavy atom. The summed E-state index contributed by atoms with van der Waals surface area (Å²) in [5, 5.41) is 10.3. The van der Waals surface area contributed by atoms with Gasteiger partial charge in [-0.1, -0.05) is 30.9 Å². The van der Waals surface area contributed by atoms with Gasteiger partial charge in [-0.05, 0) is 25.8 Å². The van der Waals surface area contributed by atoms with Crippen molar-refractivity contribution < 1.29 is 19.4 Å². The zero-order chi connectivity index (χ0) is 14.3. The number of carbonyl (C=O) groups is 1. The molecule has 3 atom stereocenters. The first-order valence-electron chi connectivity index (χ1n) is 6.57. The van der Waals surface area contributed by atoms with Crippen LogP contribution in [0.4, 0.5) is 0 Å². The SMILES string of the molecule is C=C/C=C\C(=C/C)C1OCCC(C(=O)OCC)C1O. The van der Waals surface area contributed by atoms with Gasteiger partial charge < -0.3 is 14.6 Å². The number of hydrogen-bond acceptors (Lipinski definition) is 4. The molecule has 106 valence electrons. The van der Waals surface area contributed by atoms with E-state index in [0.29, 0.717) is 19.6 Å². The standard InChI is InChI=1S/C15H22O4/c1-4-7-8-11(5-2)14-13(16)12(9-10-19-14)15(17)18-6-3/h4-5,7-8,12-14,16H,1,6,9-10H2,2-3H3/b8-7-,11-5+. The average molecular weight is 266 g/mol. The van der Waals surface area contributed by atoms with Crippen LogP contribution in [0.3, 0.4) is 0 Å². The van der Waals surface area contributed by atoms with E-state index in [9.17, 15) is 9.90 Å². The molecule has 4 nitrogen and oxygen atoms in total. The molecule has 3 unspecified atom stereocenters. The van der Waals surface area contributed by atoms with Gasteiger partial charge in [0.05, 0.1) is 18.6 Å². The maximum atomic E-state index is 11.8. The minimum Gasteiger partial charge on any atom is -0.466 e. The van der Waals surface area contributed by atoms with Crippen LogP contribution in [0, 0.1) is 5.92 Å². The number of esters is 1. The summed E-state index contributed by atoms with van der Waals surface area (Å²) >= 11 is 0. The summed E-state index contributed by atoms with van der Waals surface area (Å²) in [6, 6.07) is 0. The number of allylic oxidation sites excluding steroid dienone is 3. The van der Waals surface area contributed by atoms with Crippen molar-refractivity contribution in [3.8, 4) is 0 Å². The predicted molar refractivity (Wildman–Crippen MR) is 73.6 cm³/mol. The van der Waals surface area contributed by atoms with Gasteiger partial charge in [-0.15, -0.1) is 0 Å². The first kappa shape index (κ1) is 15.7. The van der Waals surface area contributed by atoms with Crippen LogP contribution in [0.5, 0.6) is 0 Å². The molecule has 1 aliphatic heterocycles. The molecule has 0 radical (unpaired) electrons. The summed E-state index contributed by atoms with van der Waals surface area (Å²) in [6.07, 6.45) is 6.23. The Balaban J connectivity index is 2.82. The molecule has 1 saturated heterocycles. The average Bonchev–Trinajstić information content (AvgIpc) is 2.41. The Morgan fingerprint density at radius 2 is 2.32 bits per heavy atom. The Hall–Kier alpha value is -1.39. The smallest absolute Gasteiger partial charge is 0.311 e. The van der Waals surface area contributed by atoms with E-state index in [2.05, 4.69) is 6.58 Å². The third-order valence-electron chi connectivity index (χ3n) is 3.12. The summed E-state index contributed by atoms with van der Waals surface area (Å²) in [6.45, 7) is 7.99. The van der Waals surface area contributed by atoms with Gasteiger partial charge in [-0.3, -0.25) is 4.79 Å². The van der Waals surface area contributed by atoms with E-state index in [0.717, 1.165) is 5.57 Å². The van der Waals surface area contributed by atoms with Crippen LogP contribution < -0.4 is 0 Å². The monoisotopic (exact) mass is 266 g/mol. The zero-order valence-corrected chi connectivity index (χ0v) is 11.5. The van der Waals surface area contributed by atoms with Crippen LogP contribution in [-0.2, 0) is 14.3 Å². The van der Waals surface area contributed by atoms with Crippen LogP contribution in [-0.4, -0.2) is 36.5 Å². The Kier molecular flexibility index (Phi) is 6.53. The fourth-order valence-electron chi connectivity index (χ4n) is 2.14. The van der Waals surface area contributed by atoms with Crippen molar-refractivity contribution in [3.05, 3.63) is 36.5 Å². The first-order valence-corrected chi connectivity index (χ1v) is 6.57. The minimum absolute atomic E-state index is 0.320. The van der Waals surface area contributed by atoms with Crippen LogP contribution in [0.2, 0.25) is 0 Å². The molecular weight excluding hydrogens is 244 g/mol. The van der Waals surface area contributed by atoms with E-state index in [1.54, 1.807) is 19.1 Å². The molecule has 0 aromatic heterocycles. The van der Waals surface area contributed by atoms with Crippen molar-refractivity contribution in [2.24, 2.45) is 5.92 Å². The van der Waals surface area contributed by atoms with Crippen molar-refractivity contribution in [1.29, 1.82) is 0 Å². The maximum Gasteiger partial charge on any atom is 0.311 e. The number of aliphatic hydroxyl groups is 1. The molecule has 1 heterocycles. The number of carbonyl (C=O) groups excluding carboxylic acids is 1. The van der Waals surface area contributed by atoms with Gasteiger partial charge in [0.15, 0.2) is 0 Å². The lowest BCUT2D eigenvalue weighted by molar-refractivity contribution is -0.163. The molecule has 1 rings (SSSR count). The highest BCUT2D eigenvalue weighted by molar-refractivity contribution is 5.73. The van der Waals surface area contributed by atoms with Crippen LogP contribution in [0.1, 0.15) is 20.3 Å². The Bertz CT molecular complexity index is 370. The molecule has 1 N–H and O–H groups in total. The molecule has 0 bridgehead atoms. The molecule has 0 saturated carbocycles. The van der Waals surface area contributed by atoms with Crippen molar-refractivity contribution in [2.45, 2.75) is 32.5 Å². The quantitative estimate of drug-likeness (QED) is 0.611. The topological polar surface area (TPSA) is 55.8 Å². The number of hydrogen-bond donors (Lipinski definition) is 1.